The molecule has 1 aromatic rings. The molecule has 6 nitrogen and oxygen atoms in total. The smallest absolute Gasteiger partial charge is 0.287 e. The Hall–Kier alpha value is -1.50. The van der Waals surface area contributed by atoms with Crippen LogP contribution in [0.25, 0.3) is 0 Å². The van der Waals surface area contributed by atoms with Crippen LogP contribution in [-0.4, -0.2) is 25.0 Å². The molecule has 1 aliphatic rings. The Bertz CT molecular complexity index is 479. The molecule has 0 spiro atoms. The lowest BCUT2D eigenvalue weighted by Gasteiger charge is -2.11. The number of rotatable bonds is 0. The maximum Gasteiger partial charge on any atom is 0.287 e. The van der Waals surface area contributed by atoms with Gasteiger partial charge in [-0.15, -0.1) is 4.40 Å². The maximum absolute atomic E-state index is 11.3. The second kappa shape index (κ2) is 2.49. The van der Waals surface area contributed by atoms with Gasteiger partial charge in [0.25, 0.3) is 10.0 Å². The Morgan fingerprint density at radius 3 is 2.92 bits per heavy atom. The first-order valence-corrected chi connectivity index (χ1v) is 4.93. The molecule has 0 saturated heterocycles. The van der Waals surface area contributed by atoms with Gasteiger partial charge in [-0.3, -0.25) is 0 Å². The molecule has 0 unspecified atom stereocenters. The van der Waals surface area contributed by atoms with Gasteiger partial charge in [-0.2, -0.15) is 18.6 Å². The van der Waals surface area contributed by atoms with Crippen LogP contribution < -0.4 is 5.32 Å². The van der Waals surface area contributed by atoms with E-state index >= 15 is 0 Å². The summed E-state index contributed by atoms with van der Waals surface area (Å²) in [5, 5.41) is 9.98. The largest absolute Gasteiger partial charge is 0.343 e. The monoisotopic (exact) mass is 198 g/mol. The van der Waals surface area contributed by atoms with Gasteiger partial charge in [0, 0.05) is 0 Å². The number of nitrogens with zero attached hydrogens (tertiary/aromatic N) is 3. The molecule has 2 heterocycles. The summed E-state index contributed by atoms with van der Waals surface area (Å²) in [6, 6.07) is 0. The molecule has 1 aliphatic heterocycles. The SMILES string of the molecule is Cc1nncc2c1NC=NS2(=O)=O. The summed E-state index contributed by atoms with van der Waals surface area (Å²) in [6.07, 6.45) is 2.31. The van der Waals surface area contributed by atoms with Gasteiger partial charge in [-0.05, 0) is 6.92 Å². The van der Waals surface area contributed by atoms with Gasteiger partial charge in [0.1, 0.15) is 11.2 Å². The van der Waals surface area contributed by atoms with Crippen LogP contribution in [0.4, 0.5) is 5.69 Å². The van der Waals surface area contributed by atoms with Crippen molar-refractivity contribution in [1.82, 2.24) is 10.2 Å². The highest BCUT2D eigenvalue weighted by Crippen LogP contribution is 2.25. The molecular weight excluding hydrogens is 192 g/mol. The number of sulfonamides is 1. The first-order valence-electron chi connectivity index (χ1n) is 3.49. The van der Waals surface area contributed by atoms with E-state index in [2.05, 4.69) is 19.9 Å². The van der Waals surface area contributed by atoms with Crippen LogP contribution in [0.1, 0.15) is 5.69 Å². The second-order valence-electron chi connectivity index (χ2n) is 2.52. The van der Waals surface area contributed by atoms with Crippen molar-refractivity contribution in [3.63, 3.8) is 0 Å². The molecule has 0 radical (unpaired) electrons. The van der Waals surface area contributed by atoms with E-state index in [9.17, 15) is 8.42 Å². The number of aromatic nitrogens is 2. The average molecular weight is 198 g/mol. The second-order valence-corrected chi connectivity index (χ2v) is 4.12. The van der Waals surface area contributed by atoms with E-state index in [1.54, 1.807) is 6.92 Å². The van der Waals surface area contributed by atoms with Crippen LogP contribution in [0.3, 0.4) is 0 Å². The third-order valence-corrected chi connectivity index (χ3v) is 2.92. The Kier molecular flexibility index (Phi) is 1.56. The van der Waals surface area contributed by atoms with Crippen LogP contribution in [0.15, 0.2) is 15.5 Å². The predicted octanol–water partition coefficient (Wildman–Crippen LogP) is -0.0725. The summed E-state index contributed by atoms with van der Waals surface area (Å²) >= 11 is 0. The summed E-state index contributed by atoms with van der Waals surface area (Å²) in [5.41, 5.74) is 0.984. The van der Waals surface area contributed by atoms with Crippen LogP contribution in [0.2, 0.25) is 0 Å². The zero-order chi connectivity index (χ0) is 9.47. The third-order valence-electron chi connectivity index (χ3n) is 1.67. The van der Waals surface area contributed by atoms with Gasteiger partial charge >= 0.3 is 0 Å². The molecule has 0 fully saturated rings. The molecule has 0 aliphatic carbocycles. The lowest BCUT2D eigenvalue weighted by molar-refractivity contribution is 0.597. The fraction of sp³-hybridized carbons (Fsp3) is 0.167. The van der Waals surface area contributed by atoms with Crippen molar-refractivity contribution in [1.29, 1.82) is 0 Å². The number of hydrogen-bond acceptors (Lipinski definition) is 5. The van der Waals surface area contributed by atoms with E-state index in [-0.39, 0.29) is 4.90 Å². The number of fused-ring (bicyclic) bond motifs is 1. The molecular formula is C6H6N4O2S. The van der Waals surface area contributed by atoms with Gasteiger partial charge in [0.05, 0.1) is 17.6 Å². The third kappa shape index (κ3) is 1.17. The minimum atomic E-state index is -3.56. The fourth-order valence-corrected chi connectivity index (χ4v) is 2.00. The maximum atomic E-state index is 11.3. The summed E-state index contributed by atoms with van der Waals surface area (Å²) in [7, 11) is -3.56. The van der Waals surface area contributed by atoms with E-state index < -0.39 is 10.0 Å². The number of hydrogen-bond donors (Lipinski definition) is 1. The van der Waals surface area contributed by atoms with Gasteiger partial charge in [-0.1, -0.05) is 0 Å². The average Bonchev–Trinajstić information content (AvgIpc) is 2.06. The lowest BCUT2D eigenvalue weighted by Crippen LogP contribution is -2.14. The highest BCUT2D eigenvalue weighted by atomic mass is 32.2. The van der Waals surface area contributed by atoms with Crippen molar-refractivity contribution < 1.29 is 8.42 Å². The van der Waals surface area contributed by atoms with E-state index in [1.807, 2.05) is 0 Å². The summed E-state index contributed by atoms with van der Waals surface area (Å²) in [4.78, 5) is 0.0718. The summed E-state index contributed by atoms with van der Waals surface area (Å²) < 4.78 is 26.0. The topological polar surface area (TPSA) is 84.3 Å². The van der Waals surface area contributed by atoms with Crippen molar-refractivity contribution in [2.24, 2.45) is 4.40 Å². The predicted molar refractivity (Wildman–Crippen MR) is 46.1 cm³/mol. The Labute approximate surface area is 74.8 Å². The molecule has 7 heteroatoms. The van der Waals surface area contributed by atoms with Gasteiger partial charge in [-0.25, -0.2) is 0 Å². The van der Waals surface area contributed by atoms with Crippen molar-refractivity contribution in [3.05, 3.63) is 11.9 Å². The quantitative estimate of drug-likeness (QED) is 0.630. The Balaban J connectivity index is 2.79. The molecule has 1 N–H and O–H groups in total. The zero-order valence-electron chi connectivity index (χ0n) is 6.72. The van der Waals surface area contributed by atoms with Gasteiger partial charge < -0.3 is 5.32 Å². The summed E-state index contributed by atoms with van der Waals surface area (Å²) in [6.45, 7) is 1.67. The first kappa shape index (κ1) is 8.11. The van der Waals surface area contributed by atoms with Crippen molar-refractivity contribution in [3.8, 4) is 0 Å². The number of aryl methyl sites for hydroxylation is 1. The molecule has 0 saturated carbocycles. The van der Waals surface area contributed by atoms with E-state index in [4.69, 9.17) is 0 Å². The lowest BCUT2D eigenvalue weighted by atomic mass is 10.3. The number of anilines is 1. The highest BCUT2D eigenvalue weighted by molar-refractivity contribution is 7.90. The first-order chi connectivity index (χ1) is 6.11. The summed E-state index contributed by atoms with van der Waals surface area (Å²) in [5.74, 6) is 0. The minimum Gasteiger partial charge on any atom is -0.343 e. The molecule has 68 valence electrons. The molecule has 13 heavy (non-hydrogen) atoms. The van der Waals surface area contributed by atoms with Crippen molar-refractivity contribution in [2.75, 3.05) is 5.32 Å². The molecule has 0 aromatic carbocycles. The van der Waals surface area contributed by atoms with Crippen LogP contribution in [0.5, 0.6) is 0 Å². The van der Waals surface area contributed by atoms with Crippen molar-refractivity contribution >= 4 is 22.0 Å². The van der Waals surface area contributed by atoms with Gasteiger partial charge in [0.15, 0.2) is 0 Å². The molecule has 2 rings (SSSR count). The van der Waals surface area contributed by atoms with Crippen LogP contribution >= 0.6 is 0 Å². The number of nitrogens with one attached hydrogen (secondary N) is 1. The molecule has 1 aromatic heterocycles. The van der Waals surface area contributed by atoms with Crippen LogP contribution in [-0.2, 0) is 10.0 Å². The molecule has 0 amide bonds. The highest BCUT2D eigenvalue weighted by Gasteiger charge is 2.22. The zero-order valence-corrected chi connectivity index (χ0v) is 7.54. The Morgan fingerprint density at radius 2 is 2.23 bits per heavy atom. The molecule has 0 bridgehead atoms. The standard InChI is InChI=1S/C6H6N4O2S/c1-4-6-5(2-8-10-4)13(11,12)9-3-7-6/h2-3H,1H3,(H,7,9). The van der Waals surface area contributed by atoms with E-state index in [0.717, 1.165) is 6.34 Å². The van der Waals surface area contributed by atoms with E-state index in [0.29, 0.717) is 11.4 Å². The normalized spacial score (nSPS) is 17.6. The van der Waals surface area contributed by atoms with E-state index in [1.165, 1.54) is 6.20 Å². The molecule has 0 atom stereocenters. The Morgan fingerprint density at radius 1 is 1.46 bits per heavy atom. The van der Waals surface area contributed by atoms with Crippen LogP contribution in [0, 0.1) is 6.92 Å². The minimum absolute atomic E-state index is 0.0718. The van der Waals surface area contributed by atoms with Crippen molar-refractivity contribution in [2.45, 2.75) is 11.8 Å². The fourth-order valence-electron chi connectivity index (χ4n) is 1.05. The van der Waals surface area contributed by atoms with Gasteiger partial charge in [0.2, 0.25) is 0 Å².